The van der Waals surface area contributed by atoms with Gasteiger partial charge in [0.2, 0.25) is 0 Å². The molecule has 35 heavy (non-hydrogen) atoms. The number of pyridine rings is 1. The molecule has 0 radical (unpaired) electrons. The molecular weight excluding hydrogens is 496 g/mol. The van der Waals surface area contributed by atoms with Crippen LogP contribution in [0.15, 0.2) is 120 Å². The summed E-state index contributed by atoms with van der Waals surface area (Å²) in [5, 5.41) is 4.03. The summed E-state index contributed by atoms with van der Waals surface area (Å²) in [6.45, 7) is 0.567. The van der Waals surface area contributed by atoms with E-state index in [1.165, 1.54) is 11.1 Å². The lowest BCUT2D eigenvalue weighted by atomic mass is 9.88. The van der Waals surface area contributed by atoms with Crippen molar-refractivity contribution >= 4 is 32.7 Å². The molecule has 0 aliphatic heterocycles. The second-order valence-electron chi connectivity index (χ2n) is 8.50. The highest BCUT2D eigenvalue weighted by molar-refractivity contribution is 9.10. The first kappa shape index (κ1) is 23.0. The summed E-state index contributed by atoms with van der Waals surface area (Å²) in [6.07, 6.45) is 0.808. The van der Waals surface area contributed by atoms with Gasteiger partial charge in [-0.1, -0.05) is 107 Å². The van der Waals surface area contributed by atoms with Crippen molar-refractivity contribution in [3.63, 3.8) is 0 Å². The van der Waals surface area contributed by atoms with E-state index in [2.05, 4.69) is 69.8 Å². The van der Waals surface area contributed by atoms with Crippen molar-refractivity contribution in [2.24, 2.45) is 0 Å². The maximum atomic E-state index is 13.4. The molecule has 1 amide bonds. The molecule has 0 aliphatic rings. The molecule has 4 heteroatoms. The molecule has 0 aliphatic carbocycles. The normalized spacial score (nSPS) is 11.0. The fraction of sp³-hybridized carbons (Fsp3) is 0.0968. The van der Waals surface area contributed by atoms with Crippen LogP contribution in [0.5, 0.6) is 0 Å². The number of carbonyl (C=O) groups is 1. The number of hydrogen-bond donors (Lipinski definition) is 1. The van der Waals surface area contributed by atoms with E-state index in [0.717, 1.165) is 33.1 Å². The number of benzene rings is 4. The molecule has 0 atom stereocenters. The van der Waals surface area contributed by atoms with Crippen molar-refractivity contribution in [1.29, 1.82) is 0 Å². The Balaban J connectivity index is 1.40. The third kappa shape index (κ3) is 5.33. The van der Waals surface area contributed by atoms with E-state index in [-0.39, 0.29) is 11.8 Å². The van der Waals surface area contributed by atoms with Crippen molar-refractivity contribution in [3.05, 3.63) is 136 Å². The van der Waals surface area contributed by atoms with E-state index in [0.29, 0.717) is 12.1 Å². The first-order chi connectivity index (χ1) is 17.2. The minimum absolute atomic E-state index is 0.0816. The lowest BCUT2D eigenvalue weighted by molar-refractivity contribution is 0.0954. The second kappa shape index (κ2) is 10.7. The number of aromatic nitrogens is 1. The standard InChI is InChI=1S/C31H25BrN2O/c32-25-17-15-24(16-18-25)30-21-28(27-13-7-8-14-29(27)34-30)31(35)33-20-19-26(22-9-3-1-4-10-22)23-11-5-2-6-12-23/h1-18,21,26H,19-20H2,(H,33,35). The summed E-state index contributed by atoms with van der Waals surface area (Å²) >= 11 is 3.48. The second-order valence-corrected chi connectivity index (χ2v) is 9.41. The smallest absolute Gasteiger partial charge is 0.252 e. The van der Waals surface area contributed by atoms with Crippen LogP contribution in [0, 0.1) is 0 Å². The van der Waals surface area contributed by atoms with Gasteiger partial charge in [-0.25, -0.2) is 4.98 Å². The van der Waals surface area contributed by atoms with Gasteiger partial charge in [0.15, 0.2) is 0 Å². The van der Waals surface area contributed by atoms with Crippen LogP contribution < -0.4 is 5.32 Å². The van der Waals surface area contributed by atoms with E-state index in [1.54, 1.807) is 0 Å². The van der Waals surface area contributed by atoms with Crippen molar-refractivity contribution in [3.8, 4) is 11.3 Å². The summed E-state index contributed by atoms with van der Waals surface area (Å²) in [7, 11) is 0. The molecule has 4 aromatic carbocycles. The van der Waals surface area contributed by atoms with Crippen molar-refractivity contribution in [2.45, 2.75) is 12.3 Å². The Kier molecular flexibility index (Phi) is 7.01. The number of fused-ring (bicyclic) bond motifs is 1. The Hall–Kier alpha value is -3.76. The number of rotatable bonds is 7. The van der Waals surface area contributed by atoms with E-state index < -0.39 is 0 Å². The van der Waals surface area contributed by atoms with Gasteiger partial charge in [-0.3, -0.25) is 4.79 Å². The highest BCUT2D eigenvalue weighted by Gasteiger charge is 2.17. The largest absolute Gasteiger partial charge is 0.352 e. The fourth-order valence-electron chi connectivity index (χ4n) is 4.45. The molecule has 0 unspecified atom stereocenters. The third-order valence-corrected chi connectivity index (χ3v) is 6.75. The SMILES string of the molecule is O=C(NCCC(c1ccccc1)c1ccccc1)c1cc(-c2ccc(Br)cc2)nc2ccccc12. The maximum absolute atomic E-state index is 13.4. The molecule has 0 saturated carbocycles. The Morgan fingerprint density at radius 3 is 2.03 bits per heavy atom. The molecular formula is C31H25BrN2O. The molecule has 1 heterocycles. The summed E-state index contributed by atoms with van der Waals surface area (Å²) in [4.78, 5) is 18.2. The number of hydrogen-bond acceptors (Lipinski definition) is 2. The number of halogens is 1. The van der Waals surface area contributed by atoms with Gasteiger partial charge >= 0.3 is 0 Å². The first-order valence-electron chi connectivity index (χ1n) is 11.7. The van der Waals surface area contributed by atoms with Gasteiger partial charge in [0.25, 0.3) is 5.91 Å². The molecule has 1 N–H and O–H groups in total. The summed E-state index contributed by atoms with van der Waals surface area (Å²) in [5.74, 6) is 0.132. The van der Waals surface area contributed by atoms with Crippen molar-refractivity contribution in [1.82, 2.24) is 10.3 Å². The Labute approximate surface area is 214 Å². The van der Waals surface area contributed by atoms with Crippen LogP contribution in [0.25, 0.3) is 22.2 Å². The van der Waals surface area contributed by atoms with Gasteiger partial charge < -0.3 is 5.32 Å². The molecule has 5 aromatic rings. The van der Waals surface area contributed by atoms with Crippen molar-refractivity contribution in [2.75, 3.05) is 6.54 Å². The van der Waals surface area contributed by atoms with E-state index in [4.69, 9.17) is 4.98 Å². The average Bonchev–Trinajstić information content (AvgIpc) is 2.92. The quantitative estimate of drug-likeness (QED) is 0.240. The molecule has 0 bridgehead atoms. The number of carbonyl (C=O) groups excluding carboxylic acids is 1. The van der Waals surface area contributed by atoms with Gasteiger partial charge in [0.05, 0.1) is 16.8 Å². The Bertz CT molecular complexity index is 1390. The molecule has 0 spiro atoms. The van der Waals surface area contributed by atoms with Crippen molar-refractivity contribution < 1.29 is 4.79 Å². The summed E-state index contributed by atoms with van der Waals surface area (Å²) in [6, 6.07) is 38.6. The molecule has 3 nitrogen and oxygen atoms in total. The Morgan fingerprint density at radius 1 is 0.771 bits per heavy atom. The van der Waals surface area contributed by atoms with Crippen LogP contribution in [0.3, 0.4) is 0 Å². The maximum Gasteiger partial charge on any atom is 0.252 e. The van der Waals surface area contributed by atoms with E-state index in [9.17, 15) is 4.79 Å². The third-order valence-electron chi connectivity index (χ3n) is 6.22. The van der Waals surface area contributed by atoms with Gasteiger partial charge in [-0.15, -0.1) is 0 Å². The fourth-order valence-corrected chi connectivity index (χ4v) is 4.72. The van der Waals surface area contributed by atoms with Gasteiger partial charge in [-0.05, 0) is 41.8 Å². The molecule has 0 fully saturated rings. The van der Waals surface area contributed by atoms with Gasteiger partial charge in [-0.2, -0.15) is 0 Å². The molecule has 1 aromatic heterocycles. The zero-order valence-electron chi connectivity index (χ0n) is 19.2. The highest BCUT2D eigenvalue weighted by Crippen LogP contribution is 2.28. The first-order valence-corrected chi connectivity index (χ1v) is 12.5. The van der Waals surface area contributed by atoms with Gasteiger partial charge in [0, 0.05) is 27.9 Å². The number of nitrogens with one attached hydrogen (secondary N) is 1. The highest BCUT2D eigenvalue weighted by atomic mass is 79.9. The van der Waals surface area contributed by atoms with Crippen LogP contribution in [-0.2, 0) is 0 Å². The Morgan fingerprint density at radius 2 is 1.37 bits per heavy atom. The molecule has 172 valence electrons. The number of para-hydroxylation sites is 1. The number of nitrogens with zero attached hydrogens (tertiary/aromatic N) is 1. The monoisotopic (exact) mass is 520 g/mol. The summed E-state index contributed by atoms with van der Waals surface area (Å²) < 4.78 is 1.01. The lowest BCUT2D eigenvalue weighted by Gasteiger charge is -2.19. The predicted molar refractivity (Wildman–Crippen MR) is 147 cm³/mol. The van der Waals surface area contributed by atoms with Crippen LogP contribution in [-0.4, -0.2) is 17.4 Å². The predicted octanol–water partition coefficient (Wildman–Crippen LogP) is 7.62. The minimum atomic E-state index is -0.0816. The van der Waals surface area contributed by atoms with Crippen LogP contribution in [0.2, 0.25) is 0 Å². The van der Waals surface area contributed by atoms with E-state index in [1.807, 2.05) is 66.7 Å². The minimum Gasteiger partial charge on any atom is -0.352 e. The zero-order chi connectivity index (χ0) is 24.0. The molecule has 0 saturated heterocycles. The van der Waals surface area contributed by atoms with E-state index >= 15 is 0 Å². The van der Waals surface area contributed by atoms with Gasteiger partial charge in [0.1, 0.15) is 0 Å². The topological polar surface area (TPSA) is 42.0 Å². The number of amides is 1. The molecule has 5 rings (SSSR count). The van der Waals surface area contributed by atoms with Crippen LogP contribution in [0.1, 0.15) is 33.8 Å². The average molecular weight is 521 g/mol. The zero-order valence-corrected chi connectivity index (χ0v) is 20.8. The van der Waals surface area contributed by atoms with Crippen LogP contribution >= 0.6 is 15.9 Å². The van der Waals surface area contributed by atoms with Crippen LogP contribution in [0.4, 0.5) is 0 Å². The lowest BCUT2D eigenvalue weighted by Crippen LogP contribution is -2.26. The summed E-state index contributed by atoms with van der Waals surface area (Å²) in [5.41, 5.74) is 5.71.